The molecule has 1 aliphatic rings. The quantitative estimate of drug-likeness (QED) is 0.744. The van der Waals surface area contributed by atoms with Gasteiger partial charge in [-0.3, -0.25) is 0 Å². The van der Waals surface area contributed by atoms with Crippen LogP contribution in [-0.4, -0.2) is 19.8 Å². The highest BCUT2D eigenvalue weighted by Crippen LogP contribution is 2.19. The van der Waals surface area contributed by atoms with Gasteiger partial charge in [0.1, 0.15) is 0 Å². The van der Waals surface area contributed by atoms with E-state index in [1.807, 2.05) is 18.2 Å². The summed E-state index contributed by atoms with van der Waals surface area (Å²) in [6.07, 6.45) is 1.17. The number of nitrogen functional groups attached to an aromatic ring is 1. The van der Waals surface area contributed by atoms with Gasteiger partial charge in [0, 0.05) is 30.4 Å². The molecule has 82 valence electrons. The Kier molecular flexibility index (Phi) is 3.11. The lowest BCUT2D eigenvalue weighted by Crippen LogP contribution is -2.14. The molecule has 1 heterocycles. The van der Waals surface area contributed by atoms with Crippen molar-refractivity contribution in [1.82, 2.24) is 0 Å². The predicted octanol–water partition coefficient (Wildman–Crippen LogP) is 2.03. The van der Waals surface area contributed by atoms with E-state index in [2.05, 4.69) is 12.2 Å². The monoisotopic (exact) mass is 206 g/mol. The number of benzene rings is 1. The zero-order chi connectivity index (χ0) is 10.7. The van der Waals surface area contributed by atoms with E-state index in [1.165, 1.54) is 17.7 Å². The molecule has 0 bridgehead atoms. The molecule has 1 aromatic carbocycles. The van der Waals surface area contributed by atoms with Gasteiger partial charge in [0.2, 0.25) is 0 Å². The lowest BCUT2D eigenvalue weighted by molar-refractivity contribution is 0.187. The predicted molar refractivity (Wildman–Crippen MR) is 63.0 cm³/mol. The molecule has 2 rings (SSSR count). The third-order valence-electron chi connectivity index (χ3n) is 2.86. The van der Waals surface area contributed by atoms with Crippen molar-refractivity contribution in [2.45, 2.75) is 13.3 Å². The van der Waals surface area contributed by atoms with Crippen LogP contribution in [-0.2, 0) is 4.74 Å². The molecule has 0 spiro atoms. The number of ether oxygens (including phenoxy) is 1. The molecule has 0 saturated carbocycles. The molecule has 3 nitrogen and oxygen atoms in total. The zero-order valence-electron chi connectivity index (χ0n) is 9.12. The van der Waals surface area contributed by atoms with E-state index in [4.69, 9.17) is 10.5 Å². The summed E-state index contributed by atoms with van der Waals surface area (Å²) in [5.74, 6) is 0.655. The van der Waals surface area contributed by atoms with Crippen molar-refractivity contribution < 1.29 is 4.74 Å². The first-order chi connectivity index (χ1) is 7.25. The van der Waals surface area contributed by atoms with Crippen molar-refractivity contribution in [2.75, 3.05) is 30.8 Å². The molecule has 0 radical (unpaired) electrons. The van der Waals surface area contributed by atoms with Crippen molar-refractivity contribution >= 4 is 11.4 Å². The normalized spacial score (nSPS) is 20.5. The number of nitrogens with one attached hydrogen (secondary N) is 1. The minimum absolute atomic E-state index is 0.655. The summed E-state index contributed by atoms with van der Waals surface area (Å²) >= 11 is 0. The van der Waals surface area contributed by atoms with Crippen LogP contribution >= 0.6 is 0 Å². The summed E-state index contributed by atoms with van der Waals surface area (Å²) in [6, 6.07) is 5.97. The summed E-state index contributed by atoms with van der Waals surface area (Å²) in [5, 5.41) is 3.45. The van der Waals surface area contributed by atoms with Crippen LogP contribution < -0.4 is 11.1 Å². The molecule has 0 amide bonds. The van der Waals surface area contributed by atoms with Crippen molar-refractivity contribution in [3.05, 3.63) is 23.8 Å². The summed E-state index contributed by atoms with van der Waals surface area (Å²) in [7, 11) is 0. The first-order valence-electron chi connectivity index (χ1n) is 5.43. The molecule has 1 unspecified atom stereocenters. The molecule has 1 aliphatic heterocycles. The van der Waals surface area contributed by atoms with Gasteiger partial charge in [0.15, 0.2) is 0 Å². The number of hydrogen-bond acceptors (Lipinski definition) is 3. The topological polar surface area (TPSA) is 47.3 Å². The molecule has 1 saturated heterocycles. The Morgan fingerprint density at radius 2 is 2.40 bits per heavy atom. The standard InChI is InChI=1S/C12H18N2O/c1-9-6-11(13)2-3-12(9)14-7-10-4-5-15-8-10/h2-3,6,10,14H,4-5,7-8,13H2,1H3. The van der Waals surface area contributed by atoms with Crippen LogP contribution in [0.15, 0.2) is 18.2 Å². The van der Waals surface area contributed by atoms with Crippen LogP contribution in [0.1, 0.15) is 12.0 Å². The number of aryl methyl sites for hydroxylation is 1. The van der Waals surface area contributed by atoms with Crippen LogP contribution in [0.5, 0.6) is 0 Å². The van der Waals surface area contributed by atoms with Crippen molar-refractivity contribution in [3.8, 4) is 0 Å². The van der Waals surface area contributed by atoms with Crippen LogP contribution in [0.4, 0.5) is 11.4 Å². The molecule has 0 aliphatic carbocycles. The van der Waals surface area contributed by atoms with Crippen LogP contribution in [0.25, 0.3) is 0 Å². The number of rotatable bonds is 3. The van der Waals surface area contributed by atoms with Crippen molar-refractivity contribution in [3.63, 3.8) is 0 Å². The largest absolute Gasteiger partial charge is 0.399 e. The Balaban J connectivity index is 1.92. The van der Waals surface area contributed by atoms with E-state index in [0.29, 0.717) is 5.92 Å². The number of nitrogens with two attached hydrogens (primary N) is 1. The summed E-state index contributed by atoms with van der Waals surface area (Å²) < 4.78 is 5.33. The molecular formula is C12H18N2O. The molecule has 1 aromatic rings. The third-order valence-corrected chi connectivity index (χ3v) is 2.86. The van der Waals surface area contributed by atoms with Gasteiger partial charge in [-0.1, -0.05) is 0 Å². The Labute approximate surface area is 90.6 Å². The maximum atomic E-state index is 5.70. The highest BCUT2D eigenvalue weighted by molar-refractivity contribution is 5.57. The molecule has 1 atom stereocenters. The van der Waals surface area contributed by atoms with Gasteiger partial charge in [-0.15, -0.1) is 0 Å². The lowest BCUT2D eigenvalue weighted by Gasteiger charge is -2.13. The fraction of sp³-hybridized carbons (Fsp3) is 0.500. The first-order valence-corrected chi connectivity index (χ1v) is 5.43. The smallest absolute Gasteiger partial charge is 0.0511 e. The Hall–Kier alpha value is -1.22. The van der Waals surface area contributed by atoms with E-state index in [1.54, 1.807) is 0 Å². The summed E-state index contributed by atoms with van der Waals surface area (Å²) in [4.78, 5) is 0. The Morgan fingerprint density at radius 1 is 1.53 bits per heavy atom. The second kappa shape index (κ2) is 4.53. The van der Waals surface area contributed by atoms with Gasteiger partial charge in [0.25, 0.3) is 0 Å². The molecule has 3 heteroatoms. The fourth-order valence-electron chi connectivity index (χ4n) is 1.88. The second-order valence-electron chi connectivity index (χ2n) is 4.18. The van der Waals surface area contributed by atoms with E-state index in [0.717, 1.165) is 25.4 Å². The Bertz CT molecular complexity index is 332. The summed E-state index contributed by atoms with van der Waals surface area (Å²) in [6.45, 7) is 4.86. The van der Waals surface area contributed by atoms with Gasteiger partial charge in [0.05, 0.1) is 6.61 Å². The van der Waals surface area contributed by atoms with Gasteiger partial charge < -0.3 is 15.8 Å². The van der Waals surface area contributed by atoms with Crippen LogP contribution in [0.3, 0.4) is 0 Å². The van der Waals surface area contributed by atoms with E-state index in [-0.39, 0.29) is 0 Å². The zero-order valence-corrected chi connectivity index (χ0v) is 9.12. The Morgan fingerprint density at radius 3 is 3.07 bits per heavy atom. The minimum atomic E-state index is 0.655. The van der Waals surface area contributed by atoms with Gasteiger partial charge in [-0.25, -0.2) is 0 Å². The lowest BCUT2D eigenvalue weighted by atomic mass is 10.1. The molecule has 1 fully saturated rings. The molecule has 3 N–H and O–H groups in total. The van der Waals surface area contributed by atoms with E-state index in [9.17, 15) is 0 Å². The van der Waals surface area contributed by atoms with Crippen LogP contribution in [0, 0.1) is 12.8 Å². The maximum Gasteiger partial charge on any atom is 0.0511 e. The van der Waals surface area contributed by atoms with E-state index >= 15 is 0 Å². The van der Waals surface area contributed by atoms with Crippen LogP contribution in [0.2, 0.25) is 0 Å². The third kappa shape index (κ3) is 2.63. The number of anilines is 2. The van der Waals surface area contributed by atoms with Gasteiger partial charge >= 0.3 is 0 Å². The van der Waals surface area contributed by atoms with Gasteiger partial charge in [-0.05, 0) is 37.1 Å². The molecule has 0 aromatic heterocycles. The summed E-state index contributed by atoms with van der Waals surface area (Å²) in [5.41, 5.74) is 8.90. The first kappa shape index (κ1) is 10.3. The van der Waals surface area contributed by atoms with E-state index < -0.39 is 0 Å². The number of hydrogen-bond donors (Lipinski definition) is 2. The SMILES string of the molecule is Cc1cc(N)ccc1NCC1CCOC1. The maximum absolute atomic E-state index is 5.70. The molecular weight excluding hydrogens is 188 g/mol. The highest BCUT2D eigenvalue weighted by Gasteiger charge is 2.15. The average molecular weight is 206 g/mol. The van der Waals surface area contributed by atoms with Gasteiger partial charge in [-0.2, -0.15) is 0 Å². The second-order valence-corrected chi connectivity index (χ2v) is 4.18. The van der Waals surface area contributed by atoms with Crippen molar-refractivity contribution in [1.29, 1.82) is 0 Å². The fourth-order valence-corrected chi connectivity index (χ4v) is 1.88. The van der Waals surface area contributed by atoms with Crippen molar-refractivity contribution in [2.24, 2.45) is 5.92 Å². The molecule has 15 heavy (non-hydrogen) atoms. The minimum Gasteiger partial charge on any atom is -0.399 e. The highest BCUT2D eigenvalue weighted by atomic mass is 16.5. The average Bonchev–Trinajstić information content (AvgIpc) is 2.69.